The first kappa shape index (κ1) is 83.0. The lowest BCUT2D eigenvalue weighted by Crippen LogP contribution is -2.53. The molecule has 4 N–H and O–H groups in total. The van der Waals surface area contributed by atoms with Crippen LogP contribution in [0.15, 0.2) is 60.7 Å². The number of ether oxygens (including phenoxy) is 7. The second-order valence-electron chi connectivity index (χ2n) is 34.0. The van der Waals surface area contributed by atoms with Crippen molar-refractivity contribution >= 4 is 34.2 Å². The number of piperidine rings is 5. The second-order valence-corrected chi connectivity index (χ2v) is 34.8. The maximum atomic E-state index is 12.9. The predicted molar refractivity (Wildman–Crippen MR) is 382 cm³/mol. The van der Waals surface area contributed by atoms with Crippen molar-refractivity contribution in [2.24, 2.45) is 0 Å². The zero-order chi connectivity index (χ0) is 75.0. The number of epoxide rings is 1. The Kier molecular flexibility index (Phi) is 27.7. The SMILES string of the molecule is C1CCOC1.C=C1C[C@H]2CC[C@@H](C1)N2C(=O)OC(C)(C)C.CC(C)(C)OC(=O)N1[C@@H]2CC[C@H]1CC1(CO1)C2.CC1(O)C[C@H]2CC[C@@H](C1)N2.CC1(O)C[C@H]2CC[C@@H](C1)N2C(=O)OC(C)(C)C.CC1(O)C[C@H]2CC[C@@H](C1)N2CCOc1ccccc1C(F)(F)F.FC(F)(F)c1ccccc1OCCBr. The molecule has 10 bridgehead atoms. The van der Waals surface area contributed by atoms with Crippen LogP contribution in [0, 0.1) is 0 Å². The van der Waals surface area contributed by atoms with Gasteiger partial charge < -0.3 is 68.5 Å². The Bertz CT molecular complexity index is 2930. The summed E-state index contributed by atoms with van der Waals surface area (Å²) < 4.78 is 113. The first-order chi connectivity index (χ1) is 47.4. The molecule has 578 valence electrons. The summed E-state index contributed by atoms with van der Waals surface area (Å²) in [4.78, 5) is 44.4. The van der Waals surface area contributed by atoms with Crippen LogP contribution in [0.25, 0.3) is 0 Å². The molecule has 2 aromatic rings. The summed E-state index contributed by atoms with van der Waals surface area (Å²) in [5.74, 6) is -0.240. The van der Waals surface area contributed by atoms with Crippen molar-refractivity contribution in [3.8, 4) is 11.5 Å². The normalized spacial score (nSPS) is 32.5. The van der Waals surface area contributed by atoms with Gasteiger partial charge in [0.25, 0.3) is 0 Å². The third-order valence-corrected chi connectivity index (χ3v) is 21.1. The van der Waals surface area contributed by atoms with Gasteiger partial charge in [0.1, 0.15) is 34.9 Å². The monoisotopic (exact) mass is 1510 g/mol. The molecule has 4 unspecified atom stereocenters. The van der Waals surface area contributed by atoms with Crippen LogP contribution < -0.4 is 14.8 Å². The molecule has 12 aliphatic heterocycles. The third-order valence-electron chi connectivity index (χ3n) is 20.8. The largest absolute Gasteiger partial charge is 0.492 e. The van der Waals surface area contributed by atoms with E-state index in [4.69, 9.17) is 33.2 Å². The zero-order valence-electron chi connectivity index (χ0n) is 62.5. The molecule has 0 radical (unpaired) electrons. The number of amides is 3. The van der Waals surface area contributed by atoms with Crippen molar-refractivity contribution in [3.05, 3.63) is 71.8 Å². The summed E-state index contributed by atoms with van der Waals surface area (Å²) >= 11 is 3.08. The molecule has 1 spiro atoms. The molecule has 12 heterocycles. The number of carbonyl (C=O) groups excluding carboxylic acids is 3. The van der Waals surface area contributed by atoms with Crippen LogP contribution in [-0.4, -0.2) is 198 Å². The Labute approximate surface area is 610 Å². The number of hydrogen-bond donors (Lipinski definition) is 4. The topological polar surface area (TPSA) is 205 Å². The third kappa shape index (κ3) is 24.7. The lowest BCUT2D eigenvalue weighted by Gasteiger charge is -2.42. The molecular weight excluding hydrogens is 1400 g/mol. The van der Waals surface area contributed by atoms with Gasteiger partial charge in [0.15, 0.2) is 0 Å². The number of rotatable bonds is 7. The van der Waals surface area contributed by atoms with Crippen LogP contribution in [0.5, 0.6) is 11.5 Å². The first-order valence-electron chi connectivity index (χ1n) is 37.2. The van der Waals surface area contributed by atoms with Crippen LogP contribution in [0.4, 0.5) is 40.7 Å². The minimum Gasteiger partial charge on any atom is -0.492 e. The number of nitrogens with zero attached hydrogens (tertiary/aromatic N) is 4. The van der Waals surface area contributed by atoms with Gasteiger partial charge in [-0.25, -0.2) is 14.4 Å². The smallest absolute Gasteiger partial charge is 0.419 e. The van der Waals surface area contributed by atoms with Gasteiger partial charge in [-0.15, -0.1) is 0 Å². The fraction of sp³-hybridized carbons (Fsp3) is 0.779. The zero-order valence-corrected chi connectivity index (χ0v) is 64.1. The van der Waals surface area contributed by atoms with Crippen LogP contribution in [-0.2, 0) is 36.0 Å². The van der Waals surface area contributed by atoms with Gasteiger partial charge >= 0.3 is 30.6 Å². The fourth-order valence-electron chi connectivity index (χ4n) is 16.9. The van der Waals surface area contributed by atoms with E-state index in [2.05, 4.69) is 32.7 Å². The standard InChI is InChI=1S/C17H22F3NO2.C13H21NO3.C13H23NO3.C13H21NO2.C9H8BrF3O.C8H15NO.C4H8O/c1-16(22)10-12-6-7-13(11-16)21(12)8-9-23-15-5-3-2-4-14(15)17(18,19)20;1-12(2,3)17-11(15)14-9-4-5-10(14)7-13(6-9)8-16-13;1-12(2,3)17-11(15)14-9-5-6-10(14)8-13(4,16)7-9;1-9-7-10-5-6-11(8-9)14(10)12(15)16-13(2,3)4;10-5-6-14-8-4-2-1-3-7(8)9(11,12)13;1-8(10)4-6-2-3-7(5-8)9-6;1-2-4-5-3-1/h2-5,12-13,22H,6-11H2,1H3;9-10H,4-8H2,1-3H3;9-10,16H,5-8H2,1-4H3;10-11H,1,5-8H2,2-4H3;1-4H,5-6H2;6-7,9-10H,2-5H2,1H3;1-4H2/t12-,13+,16?;2*9-,10+,13?;10-,11+;;6-,7+,8?;. The van der Waals surface area contributed by atoms with Gasteiger partial charge in [-0.2, -0.15) is 26.3 Å². The molecule has 25 heteroatoms. The van der Waals surface area contributed by atoms with Crippen molar-refractivity contribution in [1.29, 1.82) is 0 Å². The summed E-state index contributed by atoms with van der Waals surface area (Å²) in [5, 5.41) is 34.0. The molecule has 18 nitrogen and oxygen atoms in total. The van der Waals surface area contributed by atoms with E-state index >= 15 is 0 Å². The van der Waals surface area contributed by atoms with E-state index < -0.39 is 51.5 Å². The molecule has 14 rings (SSSR count). The summed E-state index contributed by atoms with van der Waals surface area (Å²) in [6, 6.07) is 14.0. The van der Waals surface area contributed by atoms with E-state index in [1.165, 1.54) is 61.6 Å². The van der Waals surface area contributed by atoms with Gasteiger partial charge in [-0.1, -0.05) is 52.3 Å². The van der Waals surface area contributed by atoms with Gasteiger partial charge in [0, 0.05) is 85.5 Å². The summed E-state index contributed by atoms with van der Waals surface area (Å²) in [6.07, 6.45) is 12.9. The Morgan fingerprint density at radius 3 is 1.21 bits per heavy atom. The average Bonchev–Trinajstić information content (AvgIpc) is 1.59. The number of carbonyl (C=O) groups is 3. The highest BCUT2D eigenvalue weighted by Gasteiger charge is 2.58. The molecule has 3 amide bonds. The van der Waals surface area contributed by atoms with E-state index in [0.29, 0.717) is 73.1 Å². The van der Waals surface area contributed by atoms with Gasteiger partial charge in [-0.3, -0.25) is 4.90 Å². The van der Waals surface area contributed by atoms with Crippen molar-refractivity contribution in [2.45, 2.75) is 336 Å². The second kappa shape index (κ2) is 34.1. The average molecular weight is 1520 g/mol. The Morgan fingerprint density at radius 2 is 0.853 bits per heavy atom. The molecule has 2 aromatic carbocycles. The Balaban J connectivity index is 0.000000155. The lowest BCUT2D eigenvalue weighted by atomic mass is 9.88. The van der Waals surface area contributed by atoms with E-state index in [1.54, 1.807) is 6.07 Å². The van der Waals surface area contributed by atoms with Gasteiger partial charge in [0.2, 0.25) is 0 Å². The number of aliphatic hydroxyl groups is 3. The number of hydrogen-bond acceptors (Lipinski definition) is 15. The van der Waals surface area contributed by atoms with E-state index in [1.807, 2.05) is 97.8 Å². The molecule has 0 aromatic heterocycles. The molecule has 14 atom stereocenters. The van der Waals surface area contributed by atoms with Gasteiger partial charge in [0.05, 0.1) is 46.7 Å². The number of nitrogens with one attached hydrogen (secondary N) is 1. The van der Waals surface area contributed by atoms with Crippen molar-refractivity contribution in [3.63, 3.8) is 0 Å². The molecule has 0 aliphatic carbocycles. The van der Waals surface area contributed by atoms with Crippen molar-refractivity contribution in [1.82, 2.24) is 24.9 Å². The van der Waals surface area contributed by atoms with Crippen LogP contribution >= 0.6 is 15.9 Å². The number of benzene rings is 2. The summed E-state index contributed by atoms with van der Waals surface area (Å²) in [7, 11) is 0. The molecular formula is C77H118BrF6N5O13. The first-order valence-corrected chi connectivity index (χ1v) is 38.3. The number of alkyl halides is 7. The van der Waals surface area contributed by atoms with Gasteiger partial charge in [-0.05, 0) is 249 Å². The lowest BCUT2D eigenvalue weighted by molar-refractivity contribution is -0.139. The quantitative estimate of drug-likeness (QED) is 0.0669. The minimum atomic E-state index is -4.40. The fourth-order valence-corrected chi connectivity index (χ4v) is 17.1. The summed E-state index contributed by atoms with van der Waals surface area (Å²) in [6.45, 7) is 30.8. The van der Waals surface area contributed by atoms with Crippen LogP contribution in [0.3, 0.4) is 0 Å². The van der Waals surface area contributed by atoms with E-state index in [0.717, 1.165) is 135 Å². The Hall–Kier alpha value is -4.63. The maximum absolute atomic E-state index is 12.9. The number of halogens is 7. The van der Waals surface area contributed by atoms with Crippen LogP contribution in [0.1, 0.15) is 235 Å². The predicted octanol–water partition coefficient (Wildman–Crippen LogP) is 16.1. The molecule has 12 aliphatic rings. The summed E-state index contributed by atoms with van der Waals surface area (Å²) in [5.41, 5.74) is -2.92. The highest BCUT2D eigenvalue weighted by atomic mass is 79.9. The number of para-hydroxylation sites is 2. The Morgan fingerprint density at radius 1 is 0.520 bits per heavy atom. The van der Waals surface area contributed by atoms with E-state index in [9.17, 15) is 56.0 Å². The number of fused-ring (bicyclic) bond motifs is 10. The maximum Gasteiger partial charge on any atom is 0.419 e. The highest BCUT2D eigenvalue weighted by molar-refractivity contribution is 9.09. The molecule has 102 heavy (non-hydrogen) atoms. The molecule has 0 saturated carbocycles. The molecule has 12 saturated heterocycles. The van der Waals surface area contributed by atoms with Crippen molar-refractivity contribution < 1.29 is 89.2 Å². The van der Waals surface area contributed by atoms with Crippen LogP contribution in [0.2, 0.25) is 0 Å². The van der Waals surface area contributed by atoms with Crippen molar-refractivity contribution in [2.75, 3.05) is 44.9 Å². The minimum absolute atomic E-state index is 0.114. The van der Waals surface area contributed by atoms with E-state index in [-0.39, 0.29) is 66.3 Å². The molecule has 12 fully saturated rings. The highest BCUT2D eigenvalue weighted by Crippen LogP contribution is 2.50.